The van der Waals surface area contributed by atoms with Crippen LogP contribution in [0.2, 0.25) is 0 Å². The minimum Gasteiger partial charge on any atom is -0.431 e. The van der Waals surface area contributed by atoms with Crippen molar-refractivity contribution in [3.8, 4) is 6.07 Å². The van der Waals surface area contributed by atoms with Gasteiger partial charge >= 0.3 is 0 Å². The van der Waals surface area contributed by atoms with E-state index in [2.05, 4.69) is 15.0 Å². The van der Waals surface area contributed by atoms with Crippen molar-refractivity contribution in [2.75, 3.05) is 0 Å². The van der Waals surface area contributed by atoms with Gasteiger partial charge in [-0.3, -0.25) is 0 Å². The van der Waals surface area contributed by atoms with Crippen molar-refractivity contribution < 1.29 is 4.42 Å². The number of para-hydroxylation sites is 2. The molecule has 0 aliphatic carbocycles. The second-order valence-electron chi connectivity index (χ2n) is 3.40. The molecule has 0 saturated carbocycles. The smallest absolute Gasteiger partial charge is 0.263 e. The van der Waals surface area contributed by atoms with Crippen LogP contribution in [-0.2, 0) is 0 Å². The highest BCUT2D eigenvalue weighted by molar-refractivity contribution is 7.99. The molecule has 6 heteroatoms. The normalized spacial score (nSPS) is 10.4. The molecule has 5 nitrogen and oxygen atoms in total. The lowest BCUT2D eigenvalue weighted by Gasteiger charge is -1.94. The average Bonchev–Trinajstić information content (AvgIpc) is 2.82. The second kappa shape index (κ2) is 4.47. The molecule has 0 saturated heterocycles. The van der Waals surface area contributed by atoms with E-state index in [0.29, 0.717) is 10.2 Å². The Hall–Kier alpha value is -2.39. The first-order valence-electron chi connectivity index (χ1n) is 5.11. The van der Waals surface area contributed by atoms with Crippen LogP contribution in [0.3, 0.4) is 0 Å². The Morgan fingerprint density at radius 3 is 2.78 bits per heavy atom. The molecule has 2 heterocycles. The largest absolute Gasteiger partial charge is 0.431 e. The molecule has 1 aromatic carbocycles. The summed E-state index contributed by atoms with van der Waals surface area (Å²) in [6.45, 7) is 0. The van der Waals surface area contributed by atoms with Gasteiger partial charge < -0.3 is 4.42 Å². The molecule has 0 bridgehead atoms. The van der Waals surface area contributed by atoms with Crippen molar-refractivity contribution in [2.24, 2.45) is 0 Å². The van der Waals surface area contributed by atoms with Gasteiger partial charge in [-0.05, 0) is 23.9 Å². The molecule has 0 radical (unpaired) electrons. The van der Waals surface area contributed by atoms with Gasteiger partial charge in [0.25, 0.3) is 5.22 Å². The molecule has 0 atom stereocenters. The fourth-order valence-electron chi connectivity index (χ4n) is 1.41. The third kappa shape index (κ3) is 2.04. The molecular formula is C12H6N4OS. The van der Waals surface area contributed by atoms with Crippen LogP contribution in [0.25, 0.3) is 11.1 Å². The van der Waals surface area contributed by atoms with Gasteiger partial charge in [0.05, 0.1) is 12.4 Å². The van der Waals surface area contributed by atoms with E-state index in [9.17, 15) is 0 Å². The summed E-state index contributed by atoms with van der Waals surface area (Å²) in [5.41, 5.74) is 1.83. The number of rotatable bonds is 2. The highest BCUT2D eigenvalue weighted by Crippen LogP contribution is 2.27. The molecule has 2 aromatic heterocycles. The Kier molecular flexibility index (Phi) is 2.67. The van der Waals surface area contributed by atoms with Gasteiger partial charge in [-0.25, -0.2) is 15.0 Å². The highest BCUT2D eigenvalue weighted by Gasteiger charge is 2.08. The van der Waals surface area contributed by atoms with E-state index in [1.807, 2.05) is 30.3 Å². The Bertz CT molecular complexity index is 697. The first-order valence-corrected chi connectivity index (χ1v) is 5.92. The lowest BCUT2D eigenvalue weighted by molar-refractivity contribution is 0.489. The Morgan fingerprint density at radius 2 is 2.06 bits per heavy atom. The summed E-state index contributed by atoms with van der Waals surface area (Å²) in [7, 11) is 0. The molecule has 18 heavy (non-hydrogen) atoms. The summed E-state index contributed by atoms with van der Waals surface area (Å²) in [5, 5.41) is 9.77. The van der Waals surface area contributed by atoms with Crippen LogP contribution in [0.5, 0.6) is 0 Å². The van der Waals surface area contributed by atoms with Gasteiger partial charge in [0.15, 0.2) is 11.3 Å². The monoisotopic (exact) mass is 254 g/mol. The minimum atomic E-state index is 0.289. The van der Waals surface area contributed by atoms with Gasteiger partial charge in [0, 0.05) is 0 Å². The van der Waals surface area contributed by atoms with Crippen molar-refractivity contribution in [2.45, 2.75) is 10.2 Å². The van der Waals surface area contributed by atoms with E-state index in [1.165, 1.54) is 24.2 Å². The molecule has 0 aliphatic heterocycles. The van der Waals surface area contributed by atoms with E-state index in [4.69, 9.17) is 9.68 Å². The number of nitrogens with zero attached hydrogens (tertiary/aromatic N) is 4. The van der Waals surface area contributed by atoms with Crippen LogP contribution in [0.4, 0.5) is 0 Å². The third-order valence-corrected chi connectivity index (χ3v) is 2.98. The predicted molar refractivity (Wildman–Crippen MR) is 64.9 cm³/mol. The van der Waals surface area contributed by atoms with Gasteiger partial charge in [0.2, 0.25) is 0 Å². The summed E-state index contributed by atoms with van der Waals surface area (Å²) < 4.78 is 5.55. The Morgan fingerprint density at radius 1 is 1.17 bits per heavy atom. The van der Waals surface area contributed by atoms with Gasteiger partial charge in [-0.2, -0.15) is 5.26 Å². The van der Waals surface area contributed by atoms with Crippen LogP contribution in [0.15, 0.2) is 51.3 Å². The summed E-state index contributed by atoms with van der Waals surface area (Å²) in [4.78, 5) is 12.3. The first-order chi connectivity index (χ1) is 8.85. The zero-order valence-electron chi connectivity index (χ0n) is 9.07. The number of benzene rings is 1. The lowest BCUT2D eigenvalue weighted by atomic mass is 10.3. The second-order valence-corrected chi connectivity index (χ2v) is 4.37. The van der Waals surface area contributed by atoms with E-state index in [0.717, 1.165) is 11.1 Å². The number of nitriles is 1. The zero-order valence-corrected chi connectivity index (χ0v) is 9.89. The van der Waals surface area contributed by atoms with E-state index in [-0.39, 0.29) is 5.69 Å². The first kappa shape index (κ1) is 10.7. The predicted octanol–water partition coefficient (Wildman–Crippen LogP) is 2.64. The number of aromatic nitrogens is 3. The quantitative estimate of drug-likeness (QED) is 0.699. The summed E-state index contributed by atoms with van der Waals surface area (Å²) in [6.07, 6.45) is 2.95. The van der Waals surface area contributed by atoms with Gasteiger partial charge in [-0.15, -0.1) is 0 Å². The number of oxazole rings is 1. The minimum absolute atomic E-state index is 0.289. The van der Waals surface area contributed by atoms with Crippen LogP contribution in [0, 0.1) is 11.3 Å². The molecule has 0 amide bonds. The molecule has 0 aliphatic rings. The molecule has 0 fully saturated rings. The Balaban J connectivity index is 1.89. The maximum absolute atomic E-state index is 8.62. The van der Waals surface area contributed by atoms with Gasteiger partial charge in [-0.1, -0.05) is 12.1 Å². The molecule has 86 valence electrons. The third-order valence-electron chi connectivity index (χ3n) is 2.21. The molecule has 0 unspecified atom stereocenters. The molecule has 3 rings (SSSR count). The SMILES string of the molecule is N#Cc1cnc(Sc2nc3ccccc3o2)cn1. The van der Waals surface area contributed by atoms with Crippen molar-refractivity contribution >= 4 is 22.9 Å². The summed E-state index contributed by atoms with van der Waals surface area (Å²) in [6, 6.07) is 9.45. The number of fused-ring (bicyclic) bond motifs is 1. The van der Waals surface area contributed by atoms with Crippen LogP contribution >= 0.6 is 11.8 Å². The maximum atomic E-state index is 8.62. The lowest BCUT2D eigenvalue weighted by Crippen LogP contribution is -1.86. The number of hydrogen-bond donors (Lipinski definition) is 0. The van der Waals surface area contributed by atoms with E-state index >= 15 is 0 Å². The van der Waals surface area contributed by atoms with E-state index < -0.39 is 0 Å². The number of hydrogen-bond acceptors (Lipinski definition) is 6. The maximum Gasteiger partial charge on any atom is 0.263 e. The van der Waals surface area contributed by atoms with Crippen LogP contribution < -0.4 is 0 Å². The summed E-state index contributed by atoms with van der Waals surface area (Å²) >= 11 is 1.27. The molecule has 3 aromatic rings. The van der Waals surface area contributed by atoms with Crippen LogP contribution in [-0.4, -0.2) is 15.0 Å². The van der Waals surface area contributed by atoms with E-state index in [1.54, 1.807) is 0 Å². The Labute approximate surface area is 107 Å². The van der Waals surface area contributed by atoms with Crippen molar-refractivity contribution in [1.82, 2.24) is 15.0 Å². The molecular weight excluding hydrogens is 248 g/mol. The fraction of sp³-hybridized carbons (Fsp3) is 0. The highest BCUT2D eigenvalue weighted by atomic mass is 32.2. The topological polar surface area (TPSA) is 75.6 Å². The average molecular weight is 254 g/mol. The zero-order chi connectivity index (χ0) is 12.4. The van der Waals surface area contributed by atoms with Crippen molar-refractivity contribution in [3.05, 3.63) is 42.4 Å². The summed E-state index contributed by atoms with van der Waals surface area (Å²) in [5.74, 6) is 0. The molecule has 0 spiro atoms. The van der Waals surface area contributed by atoms with Crippen LogP contribution in [0.1, 0.15) is 5.69 Å². The molecule has 0 N–H and O–H groups in total. The van der Waals surface area contributed by atoms with Crippen molar-refractivity contribution in [1.29, 1.82) is 5.26 Å². The van der Waals surface area contributed by atoms with Gasteiger partial charge in [0.1, 0.15) is 16.6 Å². The standard InChI is InChI=1S/C12H6N4OS/c13-5-8-6-15-11(7-14-8)18-12-16-9-3-1-2-4-10(9)17-12/h1-4,6-7H. The fourth-order valence-corrected chi connectivity index (χ4v) is 2.08. The van der Waals surface area contributed by atoms with Crippen molar-refractivity contribution in [3.63, 3.8) is 0 Å².